The van der Waals surface area contributed by atoms with Crippen LogP contribution in [0.4, 0.5) is 13.2 Å². The molecule has 0 saturated carbocycles. The van der Waals surface area contributed by atoms with E-state index in [0.29, 0.717) is 11.1 Å². The first kappa shape index (κ1) is 19.3. The number of rotatable bonds is 6. The molecule has 0 unspecified atom stereocenters. The number of allylic oxidation sites excluding steroid dienone is 1. The Hall–Kier alpha value is -3.03. The average Bonchev–Trinajstić information content (AvgIpc) is 2.60. The second-order valence-corrected chi connectivity index (χ2v) is 5.25. The maximum atomic E-state index is 12.7. The number of carboxylic acid groups (broad SMARTS) is 1. The fraction of sp³-hybridized carbons (Fsp3) is 0.222. The molecule has 138 valence electrons. The van der Waals surface area contributed by atoms with Crippen molar-refractivity contribution in [2.45, 2.75) is 19.7 Å². The van der Waals surface area contributed by atoms with E-state index < -0.39 is 17.8 Å². The Morgan fingerprint density at radius 1 is 1.15 bits per heavy atom. The molecule has 0 radical (unpaired) electrons. The van der Waals surface area contributed by atoms with Crippen LogP contribution in [0.15, 0.2) is 48.2 Å². The van der Waals surface area contributed by atoms with E-state index in [2.05, 4.69) is 4.98 Å². The maximum Gasteiger partial charge on any atom is 0.433 e. The first-order valence-electron chi connectivity index (χ1n) is 7.47. The first-order valence-corrected chi connectivity index (χ1v) is 7.47. The van der Waals surface area contributed by atoms with Gasteiger partial charge in [-0.1, -0.05) is 30.3 Å². The zero-order valence-electron chi connectivity index (χ0n) is 14.0. The Morgan fingerprint density at radius 2 is 1.85 bits per heavy atom. The van der Waals surface area contributed by atoms with Gasteiger partial charge in [-0.2, -0.15) is 13.2 Å². The average molecular weight is 367 g/mol. The van der Waals surface area contributed by atoms with Gasteiger partial charge in [-0.3, -0.25) is 0 Å². The molecule has 5 nitrogen and oxygen atoms in total. The molecule has 2 aromatic rings. The lowest BCUT2D eigenvalue weighted by Gasteiger charge is -2.14. The van der Waals surface area contributed by atoms with Crippen LogP contribution in [-0.2, 0) is 22.3 Å². The van der Waals surface area contributed by atoms with Crippen molar-refractivity contribution in [2.24, 2.45) is 0 Å². The van der Waals surface area contributed by atoms with Gasteiger partial charge in [0.05, 0.1) is 7.11 Å². The molecule has 0 fully saturated rings. The van der Waals surface area contributed by atoms with E-state index in [-0.39, 0.29) is 23.8 Å². The van der Waals surface area contributed by atoms with Gasteiger partial charge in [0.15, 0.2) is 0 Å². The molecule has 0 aliphatic rings. The number of carbonyl (C=O) groups is 1. The van der Waals surface area contributed by atoms with Gasteiger partial charge in [0, 0.05) is 6.07 Å². The highest BCUT2D eigenvalue weighted by molar-refractivity contribution is 6.16. The van der Waals surface area contributed by atoms with E-state index in [4.69, 9.17) is 9.47 Å². The summed E-state index contributed by atoms with van der Waals surface area (Å²) >= 11 is 0. The molecule has 0 saturated heterocycles. The molecule has 1 heterocycles. The zero-order valence-corrected chi connectivity index (χ0v) is 14.0. The highest BCUT2D eigenvalue weighted by Crippen LogP contribution is 2.29. The number of hydrogen-bond donors (Lipinski definition) is 1. The second-order valence-electron chi connectivity index (χ2n) is 5.25. The summed E-state index contributed by atoms with van der Waals surface area (Å²) in [5, 5.41) is 9.45. The Balaban J connectivity index is 2.31. The molecule has 0 atom stereocenters. The lowest BCUT2D eigenvalue weighted by molar-refractivity contribution is -0.141. The van der Waals surface area contributed by atoms with E-state index in [1.165, 1.54) is 26.2 Å². The molecule has 2 rings (SSSR count). The van der Waals surface area contributed by atoms with Crippen LogP contribution in [0, 0.1) is 0 Å². The number of hydrogen-bond acceptors (Lipinski definition) is 4. The minimum Gasteiger partial charge on any atom is -0.500 e. The fourth-order valence-electron chi connectivity index (χ4n) is 2.25. The SMILES string of the molecule is COC(C)=C(C(=O)O)c1ccccc1COc1cccc(C(F)(F)F)n1. The minimum atomic E-state index is -4.58. The summed E-state index contributed by atoms with van der Waals surface area (Å²) in [7, 11) is 1.35. The number of nitrogens with zero attached hydrogens (tertiary/aromatic N) is 1. The quantitative estimate of drug-likeness (QED) is 0.614. The third kappa shape index (κ3) is 4.53. The Kier molecular flexibility index (Phi) is 5.86. The molecule has 0 bridgehead atoms. The number of benzene rings is 1. The number of pyridine rings is 1. The third-order valence-electron chi connectivity index (χ3n) is 3.55. The normalized spacial score (nSPS) is 12.3. The van der Waals surface area contributed by atoms with Gasteiger partial charge in [-0.25, -0.2) is 9.78 Å². The van der Waals surface area contributed by atoms with E-state index in [1.54, 1.807) is 24.3 Å². The van der Waals surface area contributed by atoms with Crippen molar-refractivity contribution in [1.29, 1.82) is 0 Å². The molecular weight excluding hydrogens is 351 g/mol. The largest absolute Gasteiger partial charge is 0.500 e. The standard InChI is InChI=1S/C18H16F3NO4/c1-11(25-2)16(17(23)24)13-7-4-3-6-12(13)10-26-15-9-5-8-14(22-15)18(19,20)21/h3-9H,10H2,1-2H3,(H,23,24). The number of carboxylic acids is 1. The molecule has 26 heavy (non-hydrogen) atoms. The molecule has 0 spiro atoms. The molecule has 1 aromatic carbocycles. The van der Waals surface area contributed by atoms with Gasteiger partial charge in [0.2, 0.25) is 5.88 Å². The van der Waals surface area contributed by atoms with Gasteiger partial charge in [-0.15, -0.1) is 0 Å². The summed E-state index contributed by atoms with van der Waals surface area (Å²) in [6, 6.07) is 9.84. The Bertz CT molecular complexity index is 831. The molecular formula is C18H16F3NO4. The smallest absolute Gasteiger partial charge is 0.433 e. The molecule has 1 N–H and O–H groups in total. The highest BCUT2D eigenvalue weighted by atomic mass is 19.4. The van der Waals surface area contributed by atoms with Crippen molar-refractivity contribution in [2.75, 3.05) is 7.11 Å². The van der Waals surface area contributed by atoms with Crippen molar-refractivity contribution < 1.29 is 32.5 Å². The summed E-state index contributed by atoms with van der Waals surface area (Å²) in [5.74, 6) is -1.20. The summed E-state index contributed by atoms with van der Waals surface area (Å²) in [6.45, 7) is 1.35. The van der Waals surface area contributed by atoms with Gasteiger partial charge in [-0.05, 0) is 24.1 Å². The molecule has 0 aliphatic carbocycles. The van der Waals surface area contributed by atoms with E-state index in [0.717, 1.165) is 6.07 Å². The topological polar surface area (TPSA) is 68.7 Å². The van der Waals surface area contributed by atoms with Crippen molar-refractivity contribution in [3.05, 3.63) is 65.0 Å². The van der Waals surface area contributed by atoms with Gasteiger partial charge in [0.1, 0.15) is 23.6 Å². The molecule has 8 heteroatoms. The van der Waals surface area contributed by atoms with Crippen LogP contribution >= 0.6 is 0 Å². The highest BCUT2D eigenvalue weighted by Gasteiger charge is 2.32. The molecule has 0 aliphatic heterocycles. The predicted octanol–water partition coefficient (Wildman–Crippen LogP) is 4.14. The number of ether oxygens (including phenoxy) is 2. The lowest BCUT2D eigenvalue weighted by atomic mass is 9.99. The number of halogens is 3. The van der Waals surface area contributed by atoms with E-state index in [9.17, 15) is 23.1 Å². The van der Waals surface area contributed by atoms with E-state index in [1.807, 2.05) is 0 Å². The summed E-state index contributed by atoms with van der Waals surface area (Å²) in [4.78, 5) is 15.0. The summed E-state index contributed by atoms with van der Waals surface area (Å²) in [6.07, 6.45) is -4.58. The van der Waals surface area contributed by atoms with Crippen LogP contribution in [0.25, 0.3) is 5.57 Å². The number of aliphatic carboxylic acids is 1. The van der Waals surface area contributed by atoms with Crippen LogP contribution in [0.5, 0.6) is 5.88 Å². The number of methoxy groups -OCH3 is 1. The fourth-order valence-corrected chi connectivity index (χ4v) is 2.25. The summed E-state index contributed by atoms with van der Waals surface area (Å²) < 4.78 is 48.5. The zero-order chi connectivity index (χ0) is 19.3. The van der Waals surface area contributed by atoms with E-state index >= 15 is 0 Å². The predicted molar refractivity (Wildman–Crippen MR) is 87.3 cm³/mol. The van der Waals surface area contributed by atoms with Gasteiger partial charge in [0.25, 0.3) is 0 Å². The van der Waals surface area contributed by atoms with Gasteiger partial charge >= 0.3 is 12.1 Å². The van der Waals surface area contributed by atoms with Crippen molar-refractivity contribution in [3.8, 4) is 5.88 Å². The van der Waals surface area contributed by atoms with Crippen molar-refractivity contribution in [1.82, 2.24) is 4.98 Å². The Morgan fingerprint density at radius 3 is 2.46 bits per heavy atom. The van der Waals surface area contributed by atoms with Crippen LogP contribution in [-0.4, -0.2) is 23.2 Å². The Labute approximate surface area is 147 Å². The lowest BCUT2D eigenvalue weighted by Crippen LogP contribution is -2.10. The van der Waals surface area contributed by atoms with Crippen LogP contribution in [0.2, 0.25) is 0 Å². The minimum absolute atomic E-state index is 0.0521. The number of alkyl halides is 3. The van der Waals surface area contributed by atoms with Crippen molar-refractivity contribution in [3.63, 3.8) is 0 Å². The van der Waals surface area contributed by atoms with Crippen LogP contribution < -0.4 is 4.74 Å². The first-order chi connectivity index (χ1) is 12.2. The molecule has 1 aromatic heterocycles. The van der Waals surface area contributed by atoms with Crippen molar-refractivity contribution >= 4 is 11.5 Å². The van der Waals surface area contributed by atoms with Crippen LogP contribution in [0.3, 0.4) is 0 Å². The number of aromatic nitrogens is 1. The summed E-state index contributed by atoms with van der Waals surface area (Å²) in [5.41, 5.74) is -0.292. The second kappa shape index (κ2) is 7.90. The maximum absolute atomic E-state index is 12.7. The molecule has 0 amide bonds. The monoisotopic (exact) mass is 367 g/mol. The van der Waals surface area contributed by atoms with Crippen LogP contribution in [0.1, 0.15) is 23.7 Å². The third-order valence-corrected chi connectivity index (χ3v) is 3.55. The van der Waals surface area contributed by atoms with Gasteiger partial charge < -0.3 is 14.6 Å².